The predicted molar refractivity (Wildman–Crippen MR) is 72.5 cm³/mol. The third-order valence-electron chi connectivity index (χ3n) is 3.69. The monoisotopic (exact) mass is 227 g/mol. The van der Waals surface area contributed by atoms with Crippen molar-refractivity contribution < 1.29 is 5.73 Å². The van der Waals surface area contributed by atoms with Crippen LogP contribution in [-0.4, -0.2) is 5.54 Å². The van der Waals surface area contributed by atoms with Crippen LogP contribution in [0, 0.1) is 0 Å². The van der Waals surface area contributed by atoms with Gasteiger partial charge in [-0.1, -0.05) is 12.1 Å². The van der Waals surface area contributed by atoms with Crippen molar-refractivity contribution in [3.05, 3.63) is 35.9 Å². The lowest BCUT2D eigenvalue weighted by molar-refractivity contribution is -0.252. The Hall–Kier alpha value is -1.54. The summed E-state index contributed by atoms with van der Waals surface area (Å²) in [6, 6.07) is 10.9. The molecule has 0 aromatic heterocycles. The van der Waals surface area contributed by atoms with Gasteiger partial charge in [-0.05, 0) is 55.8 Å². The zero-order valence-electron chi connectivity index (χ0n) is 10.5. The van der Waals surface area contributed by atoms with Crippen molar-refractivity contribution in [3.63, 3.8) is 0 Å². The van der Waals surface area contributed by atoms with E-state index < -0.39 is 0 Å². The summed E-state index contributed by atoms with van der Waals surface area (Å²) >= 11 is 0. The summed E-state index contributed by atoms with van der Waals surface area (Å²) in [6.45, 7) is 4.52. The minimum Gasteiger partial charge on any atom is -0.380 e. The van der Waals surface area contributed by atoms with Crippen molar-refractivity contribution >= 4 is 22.1 Å². The average Bonchev–Trinajstić information content (AvgIpc) is 2.26. The summed E-state index contributed by atoms with van der Waals surface area (Å²) in [5.41, 5.74) is 8.15. The quantitative estimate of drug-likeness (QED) is 0.713. The maximum Gasteiger partial charge on any atom is 0.135 e. The van der Waals surface area contributed by atoms with Gasteiger partial charge in [-0.25, -0.2) is 0 Å². The zero-order chi connectivity index (χ0) is 12.0. The van der Waals surface area contributed by atoms with Crippen LogP contribution in [0.15, 0.2) is 30.3 Å². The molecule has 0 unspecified atom stereocenters. The molecule has 1 heterocycles. The van der Waals surface area contributed by atoms with Crippen LogP contribution in [0.2, 0.25) is 0 Å². The number of benzene rings is 2. The van der Waals surface area contributed by atoms with Crippen LogP contribution in [0.25, 0.3) is 10.8 Å². The Kier molecular flexibility index (Phi) is 2.17. The predicted octanol–water partition coefficient (Wildman–Crippen LogP) is 2.85. The number of quaternary nitrogens is 1. The second-order valence-electron chi connectivity index (χ2n) is 5.66. The van der Waals surface area contributed by atoms with E-state index >= 15 is 0 Å². The molecular formula is C15H19N2+. The van der Waals surface area contributed by atoms with E-state index in [0.717, 1.165) is 12.1 Å². The highest BCUT2D eigenvalue weighted by Crippen LogP contribution is 2.34. The first-order chi connectivity index (χ1) is 8.05. The van der Waals surface area contributed by atoms with E-state index in [1.165, 1.54) is 28.4 Å². The number of hydrogen-bond acceptors (Lipinski definition) is 1. The first kappa shape index (κ1) is 10.6. The zero-order valence-corrected chi connectivity index (χ0v) is 10.5. The second kappa shape index (κ2) is 3.47. The Labute approximate surface area is 102 Å². The molecule has 2 heteroatoms. The van der Waals surface area contributed by atoms with Crippen molar-refractivity contribution in [1.82, 2.24) is 0 Å². The lowest BCUT2D eigenvalue weighted by Crippen LogP contribution is -2.40. The molecule has 4 N–H and O–H groups in total. The van der Waals surface area contributed by atoms with E-state index in [1.54, 1.807) is 0 Å². The van der Waals surface area contributed by atoms with Gasteiger partial charge in [-0.3, -0.25) is 0 Å². The van der Waals surface area contributed by atoms with Crippen molar-refractivity contribution in [2.24, 2.45) is 0 Å². The van der Waals surface area contributed by atoms with Crippen LogP contribution in [0.3, 0.4) is 0 Å². The molecule has 2 nitrogen and oxygen atoms in total. The largest absolute Gasteiger partial charge is 0.380 e. The summed E-state index contributed by atoms with van der Waals surface area (Å²) < 4.78 is 0. The number of nitrogens with one attached hydrogen (secondary N) is 1. The third-order valence-corrected chi connectivity index (χ3v) is 3.69. The lowest BCUT2D eigenvalue weighted by Gasteiger charge is -2.34. The number of fused-ring (bicyclic) bond motifs is 2. The molecule has 88 valence electrons. The van der Waals surface area contributed by atoms with Crippen LogP contribution in [0.5, 0.6) is 0 Å². The molecule has 0 aliphatic carbocycles. The molecule has 0 amide bonds. The third kappa shape index (κ3) is 1.79. The van der Waals surface area contributed by atoms with E-state index in [1.807, 2.05) is 0 Å². The molecule has 3 rings (SSSR count). The van der Waals surface area contributed by atoms with E-state index in [9.17, 15) is 0 Å². The lowest BCUT2D eigenvalue weighted by atomic mass is 9.88. The molecule has 2 aromatic carbocycles. The summed E-state index contributed by atoms with van der Waals surface area (Å²) in [4.78, 5) is 0. The van der Waals surface area contributed by atoms with Crippen LogP contribution in [-0.2, 0) is 6.42 Å². The van der Waals surface area contributed by atoms with Gasteiger partial charge in [0.25, 0.3) is 0 Å². The highest BCUT2D eigenvalue weighted by molar-refractivity contribution is 5.94. The van der Waals surface area contributed by atoms with Gasteiger partial charge in [0.1, 0.15) is 5.69 Å². The van der Waals surface area contributed by atoms with Crippen molar-refractivity contribution in [3.8, 4) is 0 Å². The van der Waals surface area contributed by atoms with Gasteiger partial charge < -0.3 is 11.1 Å². The molecule has 1 aliphatic rings. The maximum atomic E-state index is 4.11. The second-order valence-corrected chi connectivity index (χ2v) is 5.66. The number of aryl methyl sites for hydroxylation is 1. The van der Waals surface area contributed by atoms with Crippen LogP contribution in [0.1, 0.15) is 25.8 Å². The first-order valence-corrected chi connectivity index (χ1v) is 6.21. The normalized spacial score (nSPS) is 17.6. The summed E-state index contributed by atoms with van der Waals surface area (Å²) in [7, 11) is 0. The average molecular weight is 227 g/mol. The first-order valence-electron chi connectivity index (χ1n) is 6.21. The molecule has 17 heavy (non-hydrogen) atoms. The van der Waals surface area contributed by atoms with Crippen molar-refractivity contribution in [2.45, 2.75) is 32.2 Å². The van der Waals surface area contributed by atoms with E-state index in [-0.39, 0.29) is 5.54 Å². The van der Waals surface area contributed by atoms with Gasteiger partial charge in [-0.2, -0.15) is 0 Å². The summed E-state index contributed by atoms with van der Waals surface area (Å²) in [5.74, 6) is 0. The number of rotatable bonds is 0. The number of hydrogen-bond donors (Lipinski definition) is 2. The minimum atomic E-state index is 0.211. The van der Waals surface area contributed by atoms with E-state index in [2.05, 4.69) is 55.2 Å². The SMILES string of the molecule is CC1(C)CCc2cc3c([NH3+])cccc3cc2N1. The van der Waals surface area contributed by atoms with Gasteiger partial charge in [0.05, 0.1) is 0 Å². The Morgan fingerprint density at radius 1 is 1.24 bits per heavy atom. The smallest absolute Gasteiger partial charge is 0.135 e. The molecule has 0 bridgehead atoms. The Balaban J connectivity index is 2.21. The molecule has 0 fully saturated rings. The minimum absolute atomic E-state index is 0.211. The highest BCUT2D eigenvalue weighted by atomic mass is 15.0. The van der Waals surface area contributed by atoms with E-state index in [4.69, 9.17) is 0 Å². The fourth-order valence-corrected chi connectivity index (χ4v) is 2.63. The molecule has 0 radical (unpaired) electrons. The van der Waals surface area contributed by atoms with Crippen LogP contribution in [0.4, 0.5) is 11.4 Å². The van der Waals surface area contributed by atoms with Gasteiger partial charge in [0, 0.05) is 16.6 Å². The maximum absolute atomic E-state index is 4.11. The molecule has 2 aromatic rings. The Bertz CT molecular complexity index is 585. The van der Waals surface area contributed by atoms with Gasteiger partial charge in [-0.15, -0.1) is 0 Å². The van der Waals surface area contributed by atoms with Gasteiger partial charge in [0.2, 0.25) is 0 Å². The Morgan fingerprint density at radius 2 is 2.06 bits per heavy atom. The highest BCUT2D eigenvalue weighted by Gasteiger charge is 2.24. The topological polar surface area (TPSA) is 39.7 Å². The summed E-state index contributed by atoms with van der Waals surface area (Å²) in [5, 5.41) is 6.19. The summed E-state index contributed by atoms with van der Waals surface area (Å²) in [6.07, 6.45) is 2.34. The van der Waals surface area contributed by atoms with Crippen molar-refractivity contribution in [2.75, 3.05) is 5.32 Å². The fourth-order valence-electron chi connectivity index (χ4n) is 2.63. The number of anilines is 1. The van der Waals surface area contributed by atoms with Crippen LogP contribution < -0.4 is 11.1 Å². The van der Waals surface area contributed by atoms with Gasteiger partial charge in [0.15, 0.2) is 0 Å². The molecule has 1 aliphatic heterocycles. The fraction of sp³-hybridized carbons (Fsp3) is 0.333. The molecule has 0 saturated heterocycles. The van der Waals surface area contributed by atoms with Crippen LogP contribution >= 0.6 is 0 Å². The molecular weight excluding hydrogens is 208 g/mol. The standard InChI is InChI=1S/C15H18N2/c1-15(2)7-6-11-8-12-10(9-14(11)17-15)4-3-5-13(12)16/h3-5,8-9,17H,6-7,16H2,1-2H3/p+1. The molecule has 0 atom stereocenters. The van der Waals surface area contributed by atoms with E-state index in [0.29, 0.717) is 0 Å². The van der Waals surface area contributed by atoms with Crippen molar-refractivity contribution in [1.29, 1.82) is 0 Å². The van der Waals surface area contributed by atoms with Gasteiger partial charge >= 0.3 is 0 Å². The Morgan fingerprint density at radius 3 is 2.88 bits per heavy atom. The molecule has 0 spiro atoms. The molecule has 0 saturated carbocycles.